The van der Waals surface area contributed by atoms with Gasteiger partial charge >= 0.3 is 0 Å². The summed E-state index contributed by atoms with van der Waals surface area (Å²) in [4.78, 5) is 5.27. The molecule has 32 heavy (non-hydrogen) atoms. The molecule has 8 heteroatoms. The number of nitrogens with one attached hydrogen (secondary N) is 2. The van der Waals surface area contributed by atoms with E-state index in [1.807, 2.05) is 18.2 Å². The molecule has 0 spiro atoms. The van der Waals surface area contributed by atoms with E-state index >= 15 is 0 Å². The fourth-order valence-corrected chi connectivity index (χ4v) is 4.52. The highest BCUT2D eigenvalue weighted by Crippen LogP contribution is 2.35. The third-order valence-electron chi connectivity index (χ3n) is 5.78. The molecule has 0 aromatic heterocycles. The minimum absolute atomic E-state index is 0. The third-order valence-corrected chi connectivity index (χ3v) is 6.91. The fourth-order valence-electron chi connectivity index (χ4n) is 3.89. The molecule has 0 bridgehead atoms. The second-order valence-corrected chi connectivity index (χ2v) is 10.1. The zero-order valence-electron chi connectivity index (χ0n) is 18.8. The van der Waals surface area contributed by atoms with Crippen LogP contribution in [-0.2, 0) is 26.4 Å². The Morgan fingerprint density at radius 3 is 2.28 bits per heavy atom. The average Bonchev–Trinajstić information content (AvgIpc) is 2.78. The van der Waals surface area contributed by atoms with E-state index in [0.29, 0.717) is 18.0 Å². The first-order valence-corrected chi connectivity index (χ1v) is 12.8. The number of benzene rings is 2. The van der Waals surface area contributed by atoms with Crippen LogP contribution in [0.2, 0.25) is 0 Å². The number of hydrogen-bond donors (Lipinski definition) is 2. The summed E-state index contributed by atoms with van der Waals surface area (Å²) < 4.78 is 28.8. The molecule has 1 heterocycles. The molecule has 0 saturated carbocycles. The summed E-state index contributed by atoms with van der Waals surface area (Å²) in [5.41, 5.74) is 2.41. The molecule has 1 aliphatic rings. The van der Waals surface area contributed by atoms with Crippen LogP contribution in [0.25, 0.3) is 0 Å². The average molecular weight is 572 g/mol. The Hall–Kier alpha value is -1.65. The first-order valence-electron chi connectivity index (χ1n) is 10.9. The molecule has 0 unspecified atom stereocenters. The van der Waals surface area contributed by atoms with Gasteiger partial charge in [-0.05, 0) is 49.4 Å². The van der Waals surface area contributed by atoms with Gasteiger partial charge in [0.2, 0.25) is 0 Å². The van der Waals surface area contributed by atoms with Crippen LogP contribution in [0.3, 0.4) is 0 Å². The number of ether oxygens (including phenoxy) is 1. The van der Waals surface area contributed by atoms with Gasteiger partial charge in [-0.1, -0.05) is 42.5 Å². The van der Waals surface area contributed by atoms with Crippen molar-refractivity contribution in [3.63, 3.8) is 0 Å². The molecular formula is C24H34IN3O3S. The molecule has 0 atom stereocenters. The first-order chi connectivity index (χ1) is 14.9. The Labute approximate surface area is 209 Å². The maximum absolute atomic E-state index is 11.6. The van der Waals surface area contributed by atoms with Gasteiger partial charge in [-0.15, -0.1) is 24.0 Å². The van der Waals surface area contributed by atoms with E-state index in [-0.39, 0.29) is 29.4 Å². The second-order valence-electron chi connectivity index (χ2n) is 8.05. The lowest BCUT2D eigenvalue weighted by atomic mass is 9.74. The van der Waals surface area contributed by atoms with E-state index in [0.717, 1.165) is 50.5 Å². The minimum Gasteiger partial charge on any atom is -0.381 e. The quantitative estimate of drug-likeness (QED) is 0.288. The normalized spacial score (nSPS) is 16.1. The summed E-state index contributed by atoms with van der Waals surface area (Å²) in [5.74, 6) is 0.803. The number of halogens is 1. The van der Waals surface area contributed by atoms with Crippen molar-refractivity contribution in [2.75, 3.05) is 39.1 Å². The van der Waals surface area contributed by atoms with E-state index in [1.165, 1.54) is 11.8 Å². The molecule has 0 radical (unpaired) electrons. The molecule has 2 aromatic rings. The first kappa shape index (κ1) is 26.6. The standard InChI is InChI=1S/C24H33N3O3S.HI/c1-3-25-23(26-16-13-20-9-11-22(12-10-20)31(2,28)29)27-19-24(14-17-30-18-15-24)21-7-5-4-6-8-21;/h4-12H,3,13-19H2,1-2H3,(H2,25,26,27);1H. The van der Waals surface area contributed by atoms with Gasteiger partial charge in [0.25, 0.3) is 0 Å². The minimum atomic E-state index is -3.16. The number of aliphatic imine (C=N–C) groups is 1. The van der Waals surface area contributed by atoms with Crippen molar-refractivity contribution in [1.82, 2.24) is 10.6 Å². The highest BCUT2D eigenvalue weighted by atomic mass is 127. The SMILES string of the molecule is CCNC(=NCC1(c2ccccc2)CCOCC1)NCCc1ccc(S(C)(=O)=O)cc1.I. The Bertz CT molecular complexity index is 958. The molecule has 176 valence electrons. The summed E-state index contributed by atoms with van der Waals surface area (Å²) in [7, 11) is -3.16. The van der Waals surface area contributed by atoms with E-state index < -0.39 is 9.84 Å². The van der Waals surface area contributed by atoms with Crippen LogP contribution >= 0.6 is 24.0 Å². The molecule has 0 aliphatic carbocycles. The van der Waals surface area contributed by atoms with Crippen molar-refractivity contribution in [1.29, 1.82) is 0 Å². The molecule has 2 N–H and O–H groups in total. The molecule has 6 nitrogen and oxygen atoms in total. The van der Waals surface area contributed by atoms with Gasteiger partial charge in [0.05, 0.1) is 11.4 Å². The number of rotatable bonds is 8. The zero-order valence-corrected chi connectivity index (χ0v) is 22.0. The van der Waals surface area contributed by atoms with E-state index in [9.17, 15) is 8.42 Å². The number of guanidine groups is 1. The second kappa shape index (κ2) is 12.6. The van der Waals surface area contributed by atoms with Crippen LogP contribution in [-0.4, -0.2) is 53.5 Å². The van der Waals surface area contributed by atoms with Crippen LogP contribution in [0.4, 0.5) is 0 Å². The molecule has 2 aromatic carbocycles. The predicted molar refractivity (Wildman–Crippen MR) is 141 cm³/mol. The van der Waals surface area contributed by atoms with Gasteiger partial charge in [-0.2, -0.15) is 0 Å². The van der Waals surface area contributed by atoms with Gasteiger partial charge in [0.15, 0.2) is 15.8 Å². The summed E-state index contributed by atoms with van der Waals surface area (Å²) in [6, 6.07) is 17.7. The van der Waals surface area contributed by atoms with Crippen molar-refractivity contribution in [3.05, 3.63) is 65.7 Å². The van der Waals surface area contributed by atoms with Crippen molar-refractivity contribution >= 4 is 39.8 Å². The predicted octanol–water partition coefficient (Wildman–Crippen LogP) is 3.55. The maximum Gasteiger partial charge on any atom is 0.191 e. The molecular weight excluding hydrogens is 537 g/mol. The number of nitrogens with zero attached hydrogens (tertiary/aromatic N) is 1. The highest BCUT2D eigenvalue weighted by molar-refractivity contribution is 14.0. The zero-order chi connectivity index (χ0) is 22.2. The molecule has 1 saturated heterocycles. The summed E-state index contributed by atoms with van der Waals surface area (Å²) in [5, 5.41) is 6.75. The number of sulfone groups is 1. The lowest BCUT2D eigenvalue weighted by Gasteiger charge is -2.36. The monoisotopic (exact) mass is 571 g/mol. The molecule has 3 rings (SSSR count). The largest absolute Gasteiger partial charge is 0.381 e. The van der Waals surface area contributed by atoms with E-state index in [4.69, 9.17) is 9.73 Å². The van der Waals surface area contributed by atoms with Crippen LogP contribution in [0.15, 0.2) is 64.5 Å². The lowest BCUT2D eigenvalue weighted by Crippen LogP contribution is -2.41. The summed E-state index contributed by atoms with van der Waals surface area (Å²) in [6.07, 6.45) is 3.94. The lowest BCUT2D eigenvalue weighted by molar-refractivity contribution is 0.0531. The van der Waals surface area contributed by atoms with Crippen LogP contribution in [0, 0.1) is 0 Å². The van der Waals surface area contributed by atoms with Crippen LogP contribution in [0.1, 0.15) is 30.9 Å². The summed E-state index contributed by atoms with van der Waals surface area (Å²) in [6.45, 7) is 5.79. The summed E-state index contributed by atoms with van der Waals surface area (Å²) >= 11 is 0. The van der Waals surface area contributed by atoms with Crippen molar-refractivity contribution in [2.45, 2.75) is 36.5 Å². The highest BCUT2D eigenvalue weighted by Gasteiger charge is 2.34. The smallest absolute Gasteiger partial charge is 0.191 e. The molecule has 1 fully saturated rings. The van der Waals surface area contributed by atoms with Crippen LogP contribution in [0.5, 0.6) is 0 Å². The Kier molecular flexibility index (Phi) is 10.4. The third kappa shape index (κ3) is 7.45. The van der Waals surface area contributed by atoms with E-state index in [1.54, 1.807) is 12.1 Å². The van der Waals surface area contributed by atoms with Gasteiger partial charge in [0.1, 0.15) is 0 Å². The Balaban J connectivity index is 0.00000363. The van der Waals surface area contributed by atoms with Gasteiger partial charge in [-0.25, -0.2) is 8.42 Å². The maximum atomic E-state index is 11.6. The molecule has 1 aliphatic heterocycles. The van der Waals surface area contributed by atoms with E-state index in [2.05, 4.69) is 41.8 Å². The number of hydrogen-bond acceptors (Lipinski definition) is 4. The van der Waals surface area contributed by atoms with Gasteiger partial charge < -0.3 is 15.4 Å². The van der Waals surface area contributed by atoms with Gasteiger partial charge in [0, 0.05) is 38.0 Å². The Morgan fingerprint density at radius 1 is 1.03 bits per heavy atom. The fraction of sp³-hybridized carbons (Fsp3) is 0.458. The van der Waals surface area contributed by atoms with Gasteiger partial charge in [-0.3, -0.25) is 4.99 Å². The van der Waals surface area contributed by atoms with Crippen LogP contribution < -0.4 is 10.6 Å². The molecule has 0 amide bonds. The van der Waals surface area contributed by atoms with Crippen molar-refractivity contribution in [3.8, 4) is 0 Å². The van der Waals surface area contributed by atoms with Crippen molar-refractivity contribution in [2.24, 2.45) is 4.99 Å². The Morgan fingerprint density at radius 2 is 1.69 bits per heavy atom. The van der Waals surface area contributed by atoms with Crippen molar-refractivity contribution < 1.29 is 13.2 Å². The topological polar surface area (TPSA) is 79.8 Å².